The summed E-state index contributed by atoms with van der Waals surface area (Å²) in [6.07, 6.45) is -3.99. The van der Waals surface area contributed by atoms with Crippen LogP contribution in [0.5, 0.6) is 0 Å². The number of rotatable bonds is 4. The van der Waals surface area contributed by atoms with Gasteiger partial charge >= 0.3 is 13.9 Å². The first kappa shape index (κ1) is 14.4. The summed E-state index contributed by atoms with van der Waals surface area (Å²) in [6, 6.07) is -0.754. The SMILES string of the molecule is O=C1N=CC(C2O[C@H](COP(=O)(O)O)[C@@H](O)[C@H]2O)=N1. The van der Waals surface area contributed by atoms with E-state index in [1.54, 1.807) is 0 Å². The van der Waals surface area contributed by atoms with Gasteiger partial charge in [0, 0.05) is 0 Å². The molecule has 19 heavy (non-hydrogen) atoms. The van der Waals surface area contributed by atoms with E-state index in [1.165, 1.54) is 0 Å². The Kier molecular flexibility index (Phi) is 3.92. The number of carbonyl (C=O) groups excluding carboxylic acids is 1. The molecule has 1 saturated heterocycles. The average molecular weight is 294 g/mol. The summed E-state index contributed by atoms with van der Waals surface area (Å²) in [5.41, 5.74) is 0.0372. The predicted molar refractivity (Wildman–Crippen MR) is 60.0 cm³/mol. The molecule has 0 saturated carbocycles. The molecule has 1 unspecified atom stereocenters. The molecule has 2 heterocycles. The summed E-state index contributed by atoms with van der Waals surface area (Å²) in [4.78, 5) is 34.7. The maximum Gasteiger partial charge on any atom is 0.469 e. The van der Waals surface area contributed by atoms with Gasteiger partial charge in [0.1, 0.15) is 24.4 Å². The lowest BCUT2D eigenvalue weighted by Crippen LogP contribution is -2.37. The molecule has 0 bridgehead atoms. The minimum Gasteiger partial charge on any atom is -0.387 e. The number of urea groups is 1. The van der Waals surface area contributed by atoms with E-state index in [0.29, 0.717) is 0 Å². The molecule has 10 nitrogen and oxygen atoms in total. The summed E-state index contributed by atoms with van der Waals surface area (Å²) in [7, 11) is -4.70. The molecule has 1 fully saturated rings. The van der Waals surface area contributed by atoms with Crippen LogP contribution >= 0.6 is 7.82 Å². The molecule has 2 amide bonds. The molecule has 11 heteroatoms. The molecule has 2 aliphatic heterocycles. The number of phosphoric ester groups is 1. The zero-order chi connectivity index (χ0) is 14.2. The van der Waals surface area contributed by atoms with E-state index in [4.69, 9.17) is 14.5 Å². The highest BCUT2D eigenvalue weighted by molar-refractivity contribution is 7.46. The molecule has 0 radical (unpaired) electrons. The quantitative estimate of drug-likeness (QED) is 0.443. The van der Waals surface area contributed by atoms with Crippen molar-refractivity contribution in [3.05, 3.63) is 0 Å². The monoisotopic (exact) mass is 294 g/mol. The van der Waals surface area contributed by atoms with Crippen molar-refractivity contribution in [3.8, 4) is 0 Å². The molecule has 2 aliphatic rings. The Hall–Kier alpha value is -1.00. The van der Waals surface area contributed by atoms with Crippen molar-refractivity contribution in [3.63, 3.8) is 0 Å². The first-order valence-corrected chi connectivity index (χ1v) is 6.69. The highest BCUT2D eigenvalue weighted by atomic mass is 31.2. The summed E-state index contributed by atoms with van der Waals surface area (Å²) < 4.78 is 19.9. The minimum absolute atomic E-state index is 0.0372. The number of amides is 2. The number of nitrogens with zero attached hydrogens (tertiary/aromatic N) is 2. The highest BCUT2D eigenvalue weighted by Gasteiger charge is 2.46. The third kappa shape index (κ3) is 3.31. The first-order valence-electron chi connectivity index (χ1n) is 5.16. The van der Waals surface area contributed by atoms with Crippen LogP contribution in [0.25, 0.3) is 0 Å². The minimum atomic E-state index is -4.70. The maximum absolute atomic E-state index is 10.8. The third-order valence-electron chi connectivity index (χ3n) is 2.59. The maximum atomic E-state index is 10.8. The van der Waals surface area contributed by atoms with Crippen molar-refractivity contribution in [2.75, 3.05) is 6.61 Å². The Morgan fingerprint density at radius 2 is 2.05 bits per heavy atom. The third-order valence-corrected chi connectivity index (χ3v) is 3.08. The lowest BCUT2D eigenvalue weighted by Gasteiger charge is -2.14. The van der Waals surface area contributed by atoms with Gasteiger partial charge in [0.15, 0.2) is 0 Å². The van der Waals surface area contributed by atoms with Crippen molar-refractivity contribution >= 4 is 25.8 Å². The van der Waals surface area contributed by atoms with Gasteiger partial charge in [0.25, 0.3) is 0 Å². The van der Waals surface area contributed by atoms with Crippen LogP contribution in [-0.4, -0.2) is 69.0 Å². The Morgan fingerprint density at radius 1 is 1.37 bits per heavy atom. The van der Waals surface area contributed by atoms with Gasteiger partial charge < -0.3 is 24.7 Å². The van der Waals surface area contributed by atoms with E-state index in [9.17, 15) is 19.6 Å². The number of hydrogen-bond acceptors (Lipinski definition) is 6. The van der Waals surface area contributed by atoms with E-state index >= 15 is 0 Å². The van der Waals surface area contributed by atoms with Crippen molar-refractivity contribution in [2.24, 2.45) is 9.98 Å². The predicted octanol–water partition coefficient (Wildman–Crippen LogP) is -1.77. The second kappa shape index (κ2) is 5.17. The van der Waals surface area contributed by atoms with Crippen molar-refractivity contribution < 1.29 is 38.6 Å². The summed E-state index contributed by atoms with van der Waals surface area (Å²) in [5, 5.41) is 19.4. The van der Waals surface area contributed by atoms with Crippen molar-refractivity contribution in [1.29, 1.82) is 0 Å². The van der Waals surface area contributed by atoms with Crippen LogP contribution in [0.15, 0.2) is 9.98 Å². The fourth-order valence-corrected chi connectivity index (χ4v) is 2.07. The zero-order valence-corrected chi connectivity index (χ0v) is 10.3. The van der Waals surface area contributed by atoms with Crippen LogP contribution in [0.4, 0.5) is 4.79 Å². The van der Waals surface area contributed by atoms with Gasteiger partial charge in [-0.15, -0.1) is 0 Å². The molecule has 4 N–H and O–H groups in total. The smallest absolute Gasteiger partial charge is 0.387 e. The van der Waals surface area contributed by atoms with Crippen LogP contribution in [0.3, 0.4) is 0 Å². The summed E-state index contributed by atoms with van der Waals surface area (Å²) >= 11 is 0. The molecule has 0 aromatic heterocycles. The lowest BCUT2D eigenvalue weighted by molar-refractivity contribution is -0.00973. The summed E-state index contributed by atoms with van der Waals surface area (Å²) in [5.74, 6) is 0. The number of hydrogen-bond donors (Lipinski definition) is 4. The number of aliphatic imine (C=N–C) groups is 2. The number of aliphatic hydroxyl groups excluding tert-OH is 2. The van der Waals surface area contributed by atoms with Gasteiger partial charge in [0.2, 0.25) is 0 Å². The Morgan fingerprint density at radius 3 is 2.58 bits per heavy atom. The average Bonchev–Trinajstić information content (AvgIpc) is 2.83. The number of phosphoric acid groups is 1. The molecule has 0 aromatic rings. The second-order valence-corrected chi connectivity index (χ2v) is 5.18. The molecular weight excluding hydrogens is 283 g/mol. The van der Waals surface area contributed by atoms with Gasteiger partial charge in [-0.2, -0.15) is 9.98 Å². The van der Waals surface area contributed by atoms with E-state index in [-0.39, 0.29) is 5.71 Å². The lowest BCUT2D eigenvalue weighted by atomic mass is 10.1. The Bertz CT molecular complexity index is 485. The van der Waals surface area contributed by atoms with Crippen molar-refractivity contribution in [2.45, 2.75) is 24.4 Å². The zero-order valence-electron chi connectivity index (χ0n) is 9.36. The largest absolute Gasteiger partial charge is 0.469 e. The molecule has 0 aromatic carbocycles. The van der Waals surface area contributed by atoms with E-state index in [0.717, 1.165) is 6.21 Å². The van der Waals surface area contributed by atoms with Gasteiger partial charge in [-0.25, -0.2) is 9.36 Å². The van der Waals surface area contributed by atoms with E-state index in [2.05, 4.69) is 14.5 Å². The van der Waals surface area contributed by atoms with Crippen LogP contribution in [0.2, 0.25) is 0 Å². The number of ether oxygens (including phenoxy) is 1. The van der Waals surface area contributed by atoms with Gasteiger partial charge in [-0.05, 0) is 0 Å². The van der Waals surface area contributed by atoms with Gasteiger partial charge in [-0.3, -0.25) is 4.52 Å². The highest BCUT2D eigenvalue weighted by Crippen LogP contribution is 2.37. The van der Waals surface area contributed by atoms with Crippen LogP contribution < -0.4 is 0 Å². The van der Waals surface area contributed by atoms with Crippen molar-refractivity contribution in [1.82, 2.24) is 0 Å². The van der Waals surface area contributed by atoms with Crippen LogP contribution in [0.1, 0.15) is 0 Å². The Balaban J connectivity index is 2.03. The summed E-state index contributed by atoms with van der Waals surface area (Å²) in [6.45, 7) is -0.614. The topological polar surface area (TPSA) is 158 Å². The molecule has 4 atom stereocenters. The normalized spacial score (nSPS) is 34.9. The van der Waals surface area contributed by atoms with Crippen LogP contribution in [-0.2, 0) is 13.8 Å². The molecule has 0 aliphatic carbocycles. The number of carbonyl (C=O) groups is 1. The van der Waals surface area contributed by atoms with Gasteiger partial charge in [-0.1, -0.05) is 0 Å². The molecule has 2 rings (SSSR count). The van der Waals surface area contributed by atoms with Gasteiger partial charge in [0.05, 0.1) is 18.5 Å². The fourth-order valence-electron chi connectivity index (χ4n) is 1.73. The standard InChI is InChI=1S/C8H11N2O8P/c11-5-4(2-17-19(14,15)16)18-7(6(5)12)3-1-9-8(13)10-3/h1,4-7,11-12H,2H2,(H2,14,15,16)/t4-,5-,6-,7?/m1/s1. The Labute approximate surface area is 106 Å². The molecule has 0 spiro atoms. The van der Waals surface area contributed by atoms with E-state index in [1.807, 2.05) is 0 Å². The second-order valence-electron chi connectivity index (χ2n) is 3.94. The first-order chi connectivity index (χ1) is 8.78. The molecule has 106 valence electrons. The fraction of sp³-hybridized carbons (Fsp3) is 0.625. The van der Waals surface area contributed by atoms with E-state index < -0.39 is 44.9 Å². The van der Waals surface area contributed by atoms with Crippen LogP contribution in [0, 0.1) is 0 Å². The number of aliphatic hydroxyl groups is 2. The molecular formula is C8H11N2O8P.